The average molecular weight is 416 g/mol. The second-order valence-corrected chi connectivity index (χ2v) is 7.62. The van der Waals surface area contributed by atoms with Crippen molar-refractivity contribution >= 4 is 17.1 Å². The van der Waals surface area contributed by atoms with E-state index in [2.05, 4.69) is 4.98 Å². The molecular formula is C28H20N2O2. The Balaban J connectivity index is 1.65. The van der Waals surface area contributed by atoms with Gasteiger partial charge in [0.1, 0.15) is 0 Å². The van der Waals surface area contributed by atoms with Gasteiger partial charge in [-0.3, -0.25) is 14.6 Å². The van der Waals surface area contributed by atoms with Crippen LogP contribution in [0.3, 0.4) is 0 Å². The summed E-state index contributed by atoms with van der Waals surface area (Å²) in [6, 6.07) is 30.6. The molecule has 5 aromatic rings. The Labute approximate surface area is 185 Å². The molecule has 0 aliphatic carbocycles. The van der Waals surface area contributed by atoms with Crippen molar-refractivity contribution in [2.45, 2.75) is 6.92 Å². The normalized spacial score (nSPS) is 10.9. The Morgan fingerprint density at radius 2 is 1.47 bits per heavy atom. The van der Waals surface area contributed by atoms with E-state index in [0.29, 0.717) is 22.3 Å². The molecule has 0 spiro atoms. The van der Waals surface area contributed by atoms with Crippen LogP contribution in [-0.2, 0) is 0 Å². The van der Waals surface area contributed by atoms with E-state index < -0.39 is 0 Å². The zero-order valence-corrected chi connectivity index (χ0v) is 17.5. The summed E-state index contributed by atoms with van der Waals surface area (Å²) in [4.78, 5) is 30.4. The minimum absolute atomic E-state index is 0.0841. The lowest BCUT2D eigenvalue weighted by Gasteiger charge is -2.10. The van der Waals surface area contributed by atoms with Crippen LogP contribution in [0.25, 0.3) is 28.0 Å². The van der Waals surface area contributed by atoms with Gasteiger partial charge in [-0.15, -0.1) is 0 Å². The molecule has 4 nitrogen and oxygen atoms in total. The minimum Gasteiger partial charge on any atom is -0.304 e. The van der Waals surface area contributed by atoms with Gasteiger partial charge in [-0.2, -0.15) is 0 Å². The fraction of sp³-hybridized carbons (Fsp3) is 0.0357. The zero-order chi connectivity index (χ0) is 22.1. The molecular weight excluding hydrogens is 396 g/mol. The number of nitrogens with zero attached hydrogens (tertiary/aromatic N) is 2. The van der Waals surface area contributed by atoms with E-state index in [-0.39, 0.29) is 11.6 Å². The first-order valence-electron chi connectivity index (χ1n) is 10.4. The molecule has 0 radical (unpaired) electrons. The van der Waals surface area contributed by atoms with Crippen LogP contribution >= 0.6 is 0 Å². The maximum absolute atomic E-state index is 13.6. The summed E-state index contributed by atoms with van der Waals surface area (Å²) in [6.07, 6.45) is 1.72. The first-order valence-corrected chi connectivity index (χ1v) is 10.4. The monoisotopic (exact) mass is 416 g/mol. The molecule has 32 heavy (non-hydrogen) atoms. The molecule has 3 heterocycles. The maximum atomic E-state index is 13.6. The highest BCUT2D eigenvalue weighted by atomic mass is 16.1. The quantitative estimate of drug-likeness (QED) is 0.325. The summed E-state index contributed by atoms with van der Waals surface area (Å²) >= 11 is 0. The van der Waals surface area contributed by atoms with Crippen LogP contribution < -0.4 is 0 Å². The molecule has 154 valence electrons. The highest BCUT2D eigenvalue weighted by Crippen LogP contribution is 2.28. The molecule has 4 heteroatoms. The van der Waals surface area contributed by atoms with Crippen molar-refractivity contribution in [2.24, 2.45) is 0 Å². The Kier molecular flexibility index (Phi) is 4.96. The highest BCUT2D eigenvalue weighted by Gasteiger charge is 2.21. The van der Waals surface area contributed by atoms with Gasteiger partial charge in [-0.05, 0) is 48.4 Å². The summed E-state index contributed by atoms with van der Waals surface area (Å²) in [5.41, 5.74) is 5.86. The molecule has 0 saturated heterocycles. The Hall–Kier alpha value is -4.31. The average Bonchev–Trinajstić information content (AvgIpc) is 3.25. The van der Waals surface area contributed by atoms with Gasteiger partial charge in [-0.1, -0.05) is 66.7 Å². The van der Waals surface area contributed by atoms with Crippen molar-refractivity contribution in [1.29, 1.82) is 0 Å². The third kappa shape index (κ3) is 3.42. The van der Waals surface area contributed by atoms with Crippen molar-refractivity contribution in [3.63, 3.8) is 0 Å². The van der Waals surface area contributed by atoms with E-state index in [9.17, 15) is 9.59 Å². The Morgan fingerprint density at radius 1 is 0.750 bits per heavy atom. The number of hydrogen-bond donors (Lipinski definition) is 0. The first kappa shape index (κ1) is 19.6. The fourth-order valence-electron chi connectivity index (χ4n) is 4.01. The van der Waals surface area contributed by atoms with Crippen LogP contribution in [0, 0.1) is 0 Å². The fourth-order valence-corrected chi connectivity index (χ4v) is 4.01. The van der Waals surface area contributed by atoms with E-state index in [1.165, 1.54) is 6.92 Å². The number of ketones is 2. The smallest absolute Gasteiger partial charge is 0.209 e. The van der Waals surface area contributed by atoms with Crippen LogP contribution in [0.1, 0.15) is 33.3 Å². The van der Waals surface area contributed by atoms with E-state index in [0.717, 1.165) is 22.5 Å². The van der Waals surface area contributed by atoms with Crippen LogP contribution in [0.2, 0.25) is 0 Å². The lowest BCUT2D eigenvalue weighted by Crippen LogP contribution is -2.07. The van der Waals surface area contributed by atoms with Gasteiger partial charge in [0, 0.05) is 17.3 Å². The molecule has 0 amide bonds. The minimum atomic E-state index is -0.143. The summed E-state index contributed by atoms with van der Waals surface area (Å²) in [5, 5.41) is 0. The summed E-state index contributed by atoms with van der Waals surface area (Å²) in [7, 11) is 0. The molecule has 0 atom stereocenters. The standard InChI is InChI=1S/C28H20N2O2/c1-19(31)23-18-27(30-25(23)11-7-12-26(30)24-10-5-6-17-29-24)28(32)22-15-13-21(14-16-22)20-8-3-2-4-9-20/h2-18H,1H3. The number of fused-ring (bicyclic) bond motifs is 1. The van der Waals surface area contributed by atoms with E-state index >= 15 is 0 Å². The van der Waals surface area contributed by atoms with Crippen LogP contribution in [0.5, 0.6) is 0 Å². The number of Topliss-reactive ketones (excluding diaryl/α,β-unsaturated/α-hetero) is 1. The van der Waals surface area contributed by atoms with E-state index in [4.69, 9.17) is 0 Å². The molecule has 3 aromatic heterocycles. The number of carbonyl (C=O) groups excluding carboxylic acids is 2. The number of rotatable bonds is 5. The molecule has 0 aliphatic heterocycles. The molecule has 0 unspecified atom stereocenters. The Morgan fingerprint density at radius 3 is 2.16 bits per heavy atom. The van der Waals surface area contributed by atoms with Crippen molar-refractivity contribution in [2.75, 3.05) is 0 Å². The van der Waals surface area contributed by atoms with Gasteiger partial charge in [0.15, 0.2) is 5.78 Å². The third-order valence-electron chi connectivity index (χ3n) is 5.58. The summed E-state index contributed by atoms with van der Waals surface area (Å²) in [5.74, 6) is -0.227. The van der Waals surface area contributed by atoms with Crippen LogP contribution in [0.15, 0.2) is 103 Å². The van der Waals surface area contributed by atoms with Crippen molar-refractivity contribution in [3.8, 4) is 22.5 Å². The predicted molar refractivity (Wildman–Crippen MR) is 126 cm³/mol. The van der Waals surface area contributed by atoms with Gasteiger partial charge in [-0.25, -0.2) is 0 Å². The van der Waals surface area contributed by atoms with Gasteiger partial charge >= 0.3 is 0 Å². The molecule has 5 rings (SSSR count). The summed E-state index contributed by atoms with van der Waals surface area (Å²) in [6.45, 7) is 1.52. The van der Waals surface area contributed by atoms with Gasteiger partial charge in [0.2, 0.25) is 5.78 Å². The Bertz CT molecular complexity index is 1430. The molecule has 2 aromatic carbocycles. The van der Waals surface area contributed by atoms with E-state index in [1.54, 1.807) is 12.3 Å². The molecule has 0 bridgehead atoms. The van der Waals surface area contributed by atoms with E-state index in [1.807, 2.05) is 95.4 Å². The van der Waals surface area contributed by atoms with Gasteiger partial charge in [0.25, 0.3) is 0 Å². The van der Waals surface area contributed by atoms with Crippen molar-refractivity contribution in [1.82, 2.24) is 9.38 Å². The SMILES string of the molecule is CC(=O)c1cc(C(=O)c2ccc(-c3ccccc3)cc2)n2c(-c3ccccn3)cccc12. The molecule has 0 N–H and O–H groups in total. The van der Waals surface area contributed by atoms with Gasteiger partial charge in [0.05, 0.1) is 22.6 Å². The predicted octanol–water partition coefficient (Wildman–Crippen LogP) is 6.10. The summed E-state index contributed by atoms with van der Waals surface area (Å²) < 4.78 is 1.84. The third-order valence-corrected chi connectivity index (χ3v) is 5.58. The molecule has 0 aliphatic rings. The largest absolute Gasteiger partial charge is 0.304 e. The molecule has 0 saturated carbocycles. The topological polar surface area (TPSA) is 51.4 Å². The van der Waals surface area contributed by atoms with Crippen molar-refractivity contribution < 1.29 is 9.59 Å². The van der Waals surface area contributed by atoms with Crippen LogP contribution in [-0.4, -0.2) is 21.0 Å². The number of hydrogen-bond acceptors (Lipinski definition) is 3. The van der Waals surface area contributed by atoms with Crippen molar-refractivity contribution in [3.05, 3.63) is 120 Å². The number of pyridine rings is 2. The molecule has 0 fully saturated rings. The first-order chi connectivity index (χ1) is 15.6. The second-order valence-electron chi connectivity index (χ2n) is 7.62. The van der Waals surface area contributed by atoms with Crippen LogP contribution in [0.4, 0.5) is 0 Å². The highest BCUT2D eigenvalue weighted by molar-refractivity contribution is 6.12. The van der Waals surface area contributed by atoms with Gasteiger partial charge < -0.3 is 4.40 Å². The second kappa shape index (κ2) is 8.08. The number of carbonyl (C=O) groups is 2. The number of benzene rings is 2. The number of aromatic nitrogens is 2. The zero-order valence-electron chi connectivity index (χ0n) is 17.5. The lowest BCUT2D eigenvalue weighted by atomic mass is 10.0. The maximum Gasteiger partial charge on any atom is 0.209 e. The lowest BCUT2D eigenvalue weighted by molar-refractivity contribution is 0.101.